The summed E-state index contributed by atoms with van der Waals surface area (Å²) in [6.45, 7) is 15.5. The number of fused-ring (bicyclic) bond motifs is 2. The SMILES string of the molecule is CC[C@H](C)[C@@H]1C(=O)N2CCC[C@H]2C(=O)O[C@H](C(C)C)C[C@@H](C)C[C@H](O)[C@H](C)C2=N[C@@H](/C=C(/C)C(=O)N[C@@H](Cc3ccc(OC)cc3)C(=O)N(C)[C@@H](C)C(=O)N1C)CS2. The molecule has 0 unspecified atom stereocenters. The summed E-state index contributed by atoms with van der Waals surface area (Å²) < 4.78 is 11.5. The highest BCUT2D eigenvalue weighted by molar-refractivity contribution is 8.14. The second-order valence-electron chi connectivity index (χ2n) is 17.0. The summed E-state index contributed by atoms with van der Waals surface area (Å²) in [5, 5.41) is 15.1. The third kappa shape index (κ3) is 11.4. The van der Waals surface area contributed by atoms with E-state index < -0.39 is 60.1 Å². The molecule has 4 rings (SSSR count). The first-order valence-corrected chi connectivity index (χ1v) is 21.9. The van der Waals surface area contributed by atoms with Gasteiger partial charge in [0.1, 0.15) is 36.0 Å². The summed E-state index contributed by atoms with van der Waals surface area (Å²) in [4.78, 5) is 80.1. The Balaban J connectivity index is 1.73. The van der Waals surface area contributed by atoms with Gasteiger partial charge in [-0.05, 0) is 75.0 Å². The number of benzene rings is 1. The van der Waals surface area contributed by atoms with Gasteiger partial charge >= 0.3 is 5.97 Å². The molecule has 0 saturated carbocycles. The van der Waals surface area contributed by atoms with Crippen LogP contribution >= 0.6 is 11.8 Å². The third-order valence-electron chi connectivity index (χ3n) is 12.2. The smallest absolute Gasteiger partial charge is 0.329 e. The van der Waals surface area contributed by atoms with E-state index in [1.807, 2.05) is 53.7 Å². The van der Waals surface area contributed by atoms with Crippen molar-refractivity contribution in [2.45, 2.75) is 136 Å². The minimum Gasteiger partial charge on any atom is -0.497 e. The van der Waals surface area contributed by atoms with Crippen LogP contribution in [0.1, 0.15) is 93.1 Å². The fourth-order valence-electron chi connectivity index (χ4n) is 8.03. The van der Waals surface area contributed by atoms with Crippen LogP contribution in [0.5, 0.6) is 5.75 Å². The number of likely N-dealkylation sites (N-methyl/N-ethyl adjacent to an activating group) is 2. The Hall–Kier alpha value is -3.91. The number of methoxy groups -OCH3 is 1. The van der Waals surface area contributed by atoms with Crippen LogP contribution in [0.25, 0.3) is 0 Å². The Morgan fingerprint density at radius 3 is 2.28 bits per heavy atom. The molecule has 1 aromatic rings. The van der Waals surface area contributed by atoms with Crippen LogP contribution in [0.3, 0.4) is 0 Å². The van der Waals surface area contributed by atoms with E-state index in [9.17, 15) is 29.1 Å². The van der Waals surface area contributed by atoms with E-state index in [2.05, 4.69) is 5.32 Å². The van der Waals surface area contributed by atoms with Crippen LogP contribution in [-0.2, 0) is 35.1 Å². The Morgan fingerprint density at radius 2 is 1.66 bits per heavy atom. The van der Waals surface area contributed by atoms with Crippen LogP contribution < -0.4 is 10.1 Å². The predicted molar refractivity (Wildman–Crippen MR) is 227 cm³/mol. The zero-order valence-corrected chi connectivity index (χ0v) is 37.2. The summed E-state index contributed by atoms with van der Waals surface area (Å²) in [6, 6.07) is 3.22. The lowest BCUT2D eigenvalue weighted by molar-refractivity contribution is -0.163. The standard InChI is InChI=1S/C44H67N5O8S/c1-12-27(5)38-43(54)49-19-13-14-35(49)44(55)57-37(25(2)3)21-26(4)20-36(50)29(7)40-45-32(24-58-40)22-28(6)39(51)46-34(23-31-15-17-33(56-11)18-16-31)42(53)47(9)30(8)41(52)48(38)10/h15-18,22,25-27,29-30,32,34-38,50H,12-14,19-21,23-24H2,1-11H3,(H,46,51)/b28-22-/t26-,27-,29-,30-,32-,34-,35-,36-,37-,38+/m0/s1. The summed E-state index contributed by atoms with van der Waals surface area (Å²) in [5.41, 5.74) is 1.17. The highest BCUT2D eigenvalue weighted by atomic mass is 32.2. The van der Waals surface area contributed by atoms with Gasteiger partial charge in [0.2, 0.25) is 23.6 Å². The van der Waals surface area contributed by atoms with Crippen molar-refractivity contribution in [2.75, 3.05) is 33.5 Å². The van der Waals surface area contributed by atoms with Crippen molar-refractivity contribution in [3.8, 4) is 5.75 Å². The number of carbonyl (C=O) groups excluding carboxylic acids is 5. The van der Waals surface area contributed by atoms with Gasteiger partial charge in [-0.1, -0.05) is 66.2 Å². The number of carbonyl (C=O) groups is 5. The summed E-state index contributed by atoms with van der Waals surface area (Å²) in [7, 11) is 4.67. The molecule has 0 radical (unpaired) electrons. The zero-order valence-electron chi connectivity index (χ0n) is 36.4. The average molecular weight is 826 g/mol. The number of amides is 4. The molecule has 322 valence electrons. The molecule has 1 saturated heterocycles. The van der Waals surface area contributed by atoms with Gasteiger partial charge in [-0.2, -0.15) is 0 Å². The van der Waals surface area contributed by atoms with Crippen molar-refractivity contribution in [1.29, 1.82) is 0 Å². The number of esters is 1. The fourth-order valence-corrected chi connectivity index (χ4v) is 9.17. The number of aliphatic hydroxyl groups is 1. The first-order valence-electron chi connectivity index (χ1n) is 20.9. The van der Waals surface area contributed by atoms with E-state index in [-0.39, 0.29) is 42.0 Å². The highest BCUT2D eigenvalue weighted by Gasteiger charge is 2.44. The van der Waals surface area contributed by atoms with Crippen LogP contribution in [0, 0.1) is 23.7 Å². The molecule has 10 atom stereocenters. The second-order valence-corrected chi connectivity index (χ2v) is 18.1. The van der Waals surface area contributed by atoms with Crippen molar-refractivity contribution >= 4 is 46.4 Å². The van der Waals surface area contributed by atoms with E-state index >= 15 is 0 Å². The molecule has 3 aliphatic rings. The fraction of sp³-hybridized carbons (Fsp3) is 0.682. The van der Waals surface area contributed by atoms with E-state index in [1.165, 1.54) is 16.8 Å². The number of rotatable bonds is 6. The van der Waals surface area contributed by atoms with E-state index in [4.69, 9.17) is 14.5 Å². The first kappa shape index (κ1) is 46.8. The Kier molecular flexibility index (Phi) is 16.8. The summed E-state index contributed by atoms with van der Waals surface area (Å²) in [6.07, 6.45) is 3.52. The molecule has 1 fully saturated rings. The molecule has 0 aliphatic carbocycles. The molecular formula is C44H67N5O8S. The lowest BCUT2D eigenvalue weighted by Crippen LogP contribution is -2.59. The molecule has 2 bridgehead atoms. The summed E-state index contributed by atoms with van der Waals surface area (Å²) in [5.74, 6) is -1.35. The van der Waals surface area contributed by atoms with Gasteiger partial charge in [0.15, 0.2) is 0 Å². The molecule has 3 aliphatic heterocycles. The monoisotopic (exact) mass is 825 g/mol. The molecule has 2 N–H and O–H groups in total. The Bertz CT molecular complexity index is 1680. The number of cyclic esters (lactones) is 1. The predicted octanol–water partition coefficient (Wildman–Crippen LogP) is 4.89. The molecule has 0 aromatic heterocycles. The van der Waals surface area contributed by atoms with Crippen molar-refractivity contribution in [3.05, 3.63) is 41.5 Å². The van der Waals surface area contributed by atoms with E-state index in [0.717, 1.165) is 10.6 Å². The maximum atomic E-state index is 14.5. The number of aliphatic imine (C=N–C) groups is 1. The Labute approximate surface area is 349 Å². The first-order chi connectivity index (χ1) is 27.4. The topological polar surface area (TPSA) is 158 Å². The lowest BCUT2D eigenvalue weighted by atomic mass is 9.89. The van der Waals surface area contributed by atoms with Crippen molar-refractivity contribution in [2.24, 2.45) is 28.7 Å². The van der Waals surface area contributed by atoms with Gasteiger partial charge in [0.05, 0.1) is 24.3 Å². The second kappa shape index (κ2) is 20.9. The molecule has 3 heterocycles. The zero-order chi connectivity index (χ0) is 43.0. The third-order valence-corrected chi connectivity index (χ3v) is 13.5. The van der Waals surface area contributed by atoms with Crippen LogP contribution in [0.15, 0.2) is 40.9 Å². The van der Waals surface area contributed by atoms with Gasteiger partial charge in [-0.25, -0.2) is 4.79 Å². The highest BCUT2D eigenvalue weighted by Crippen LogP contribution is 2.31. The molecule has 14 heteroatoms. The minimum atomic E-state index is -1.03. The van der Waals surface area contributed by atoms with Crippen LogP contribution in [0.2, 0.25) is 0 Å². The van der Waals surface area contributed by atoms with Gasteiger partial charge in [0.25, 0.3) is 0 Å². The molecule has 58 heavy (non-hydrogen) atoms. The van der Waals surface area contributed by atoms with Gasteiger partial charge in [0, 0.05) is 44.3 Å². The van der Waals surface area contributed by atoms with Crippen molar-refractivity contribution in [3.63, 3.8) is 0 Å². The number of thioether (sulfide) groups is 1. The number of aliphatic hydroxyl groups excluding tert-OH is 1. The van der Waals surface area contributed by atoms with Crippen molar-refractivity contribution < 1.29 is 38.6 Å². The van der Waals surface area contributed by atoms with E-state index in [0.29, 0.717) is 55.7 Å². The summed E-state index contributed by atoms with van der Waals surface area (Å²) >= 11 is 1.56. The number of hydrogen-bond donors (Lipinski definition) is 2. The average Bonchev–Trinajstić information content (AvgIpc) is 3.89. The number of hydrogen-bond acceptors (Lipinski definition) is 10. The number of ether oxygens (including phenoxy) is 2. The lowest BCUT2D eigenvalue weighted by Gasteiger charge is -2.38. The quantitative estimate of drug-likeness (QED) is 0.382. The largest absolute Gasteiger partial charge is 0.497 e. The minimum absolute atomic E-state index is 0.00511. The molecule has 1 aromatic carbocycles. The molecule has 13 nitrogen and oxygen atoms in total. The molecule has 0 spiro atoms. The number of nitrogens with zero attached hydrogens (tertiary/aromatic N) is 4. The maximum absolute atomic E-state index is 14.5. The number of nitrogens with one attached hydrogen (secondary N) is 1. The Morgan fingerprint density at radius 1 is 0.983 bits per heavy atom. The maximum Gasteiger partial charge on any atom is 0.329 e. The van der Waals surface area contributed by atoms with Crippen molar-refractivity contribution in [1.82, 2.24) is 20.0 Å². The van der Waals surface area contributed by atoms with Gasteiger partial charge in [-0.15, -0.1) is 11.8 Å². The molecule has 4 amide bonds. The van der Waals surface area contributed by atoms with Gasteiger partial charge in [-0.3, -0.25) is 24.2 Å². The van der Waals surface area contributed by atoms with E-state index in [1.54, 1.807) is 62.9 Å². The normalized spacial score (nSPS) is 31.8. The van der Waals surface area contributed by atoms with Gasteiger partial charge < -0.3 is 34.6 Å². The molecular weight excluding hydrogens is 759 g/mol. The van der Waals surface area contributed by atoms with Crippen LogP contribution in [-0.4, -0.2) is 130 Å². The van der Waals surface area contributed by atoms with Crippen LogP contribution in [0.4, 0.5) is 0 Å².